The molecular weight excluding hydrogens is 304 g/mol. The highest BCUT2D eigenvalue weighted by Gasteiger charge is 1.96. The van der Waals surface area contributed by atoms with Crippen molar-refractivity contribution in [3.05, 3.63) is 67.3 Å². The van der Waals surface area contributed by atoms with Crippen molar-refractivity contribution in [1.82, 2.24) is 0 Å². The Morgan fingerprint density at radius 1 is 1.17 bits per heavy atom. The molecule has 0 aliphatic carbocycles. The third-order valence-electron chi connectivity index (χ3n) is 2.67. The van der Waals surface area contributed by atoms with Crippen LogP contribution in [0.5, 0.6) is 0 Å². The monoisotopic (exact) mass is 332 g/mol. The molecule has 24 heavy (non-hydrogen) atoms. The smallest absolute Gasteiger partial charge is 0.330 e. The van der Waals surface area contributed by atoms with Crippen molar-refractivity contribution in [2.45, 2.75) is 33.1 Å². The SMILES string of the molecule is C=C(CC)C(=O)O.C=CC(=O)OCCCC.C=Cc1ccccc1. The summed E-state index contributed by atoms with van der Waals surface area (Å²) in [6.45, 7) is 14.5. The van der Waals surface area contributed by atoms with Gasteiger partial charge in [0.15, 0.2) is 0 Å². The van der Waals surface area contributed by atoms with Crippen LogP contribution in [-0.2, 0) is 14.3 Å². The summed E-state index contributed by atoms with van der Waals surface area (Å²) >= 11 is 0. The number of carbonyl (C=O) groups is 2. The van der Waals surface area contributed by atoms with Crippen LogP contribution in [0.1, 0.15) is 38.7 Å². The molecule has 0 aliphatic heterocycles. The molecule has 0 heterocycles. The van der Waals surface area contributed by atoms with Crippen LogP contribution in [0, 0.1) is 0 Å². The number of ether oxygens (including phenoxy) is 1. The number of carbonyl (C=O) groups excluding carboxylic acids is 1. The molecule has 0 aliphatic rings. The minimum absolute atomic E-state index is 0.264. The molecule has 1 rings (SSSR count). The first-order chi connectivity index (χ1) is 11.4. The van der Waals surface area contributed by atoms with Crippen LogP contribution in [0.25, 0.3) is 6.08 Å². The molecule has 4 nitrogen and oxygen atoms in total. The van der Waals surface area contributed by atoms with E-state index in [1.807, 2.05) is 43.3 Å². The molecule has 1 N–H and O–H groups in total. The summed E-state index contributed by atoms with van der Waals surface area (Å²) in [5.74, 6) is -1.23. The van der Waals surface area contributed by atoms with Crippen molar-refractivity contribution in [2.75, 3.05) is 6.61 Å². The van der Waals surface area contributed by atoms with Gasteiger partial charge in [0.25, 0.3) is 0 Å². The van der Waals surface area contributed by atoms with Crippen molar-refractivity contribution in [3.8, 4) is 0 Å². The summed E-state index contributed by atoms with van der Waals surface area (Å²) in [5.41, 5.74) is 1.44. The maximum Gasteiger partial charge on any atom is 0.330 e. The van der Waals surface area contributed by atoms with Gasteiger partial charge in [-0.15, -0.1) is 0 Å². The number of unbranched alkanes of at least 4 members (excludes halogenated alkanes) is 1. The van der Waals surface area contributed by atoms with E-state index in [2.05, 4.69) is 24.5 Å². The van der Waals surface area contributed by atoms with E-state index in [4.69, 9.17) is 5.11 Å². The van der Waals surface area contributed by atoms with Crippen molar-refractivity contribution < 1.29 is 19.4 Å². The van der Waals surface area contributed by atoms with Crippen molar-refractivity contribution >= 4 is 18.0 Å². The van der Waals surface area contributed by atoms with Crippen LogP contribution in [0.2, 0.25) is 0 Å². The van der Waals surface area contributed by atoms with Gasteiger partial charge in [-0.1, -0.05) is 76.4 Å². The van der Waals surface area contributed by atoms with Crippen LogP contribution in [-0.4, -0.2) is 23.7 Å². The topological polar surface area (TPSA) is 63.6 Å². The summed E-state index contributed by atoms with van der Waals surface area (Å²) in [4.78, 5) is 20.2. The minimum Gasteiger partial charge on any atom is -0.478 e. The number of carboxylic acid groups (broad SMARTS) is 1. The van der Waals surface area contributed by atoms with E-state index >= 15 is 0 Å². The highest BCUT2D eigenvalue weighted by Crippen LogP contribution is 1.97. The third-order valence-corrected chi connectivity index (χ3v) is 2.67. The van der Waals surface area contributed by atoms with E-state index in [-0.39, 0.29) is 11.5 Å². The van der Waals surface area contributed by atoms with Crippen LogP contribution in [0.4, 0.5) is 0 Å². The zero-order valence-electron chi connectivity index (χ0n) is 14.7. The molecule has 0 spiro atoms. The highest BCUT2D eigenvalue weighted by atomic mass is 16.5. The third kappa shape index (κ3) is 15.8. The average molecular weight is 332 g/mol. The van der Waals surface area contributed by atoms with Crippen LogP contribution in [0.15, 0.2) is 61.7 Å². The quantitative estimate of drug-likeness (QED) is 0.439. The molecule has 0 aromatic heterocycles. The van der Waals surface area contributed by atoms with Gasteiger partial charge >= 0.3 is 11.9 Å². The van der Waals surface area contributed by atoms with E-state index < -0.39 is 5.97 Å². The molecule has 0 saturated carbocycles. The molecule has 0 saturated heterocycles. The molecule has 1 aromatic carbocycles. The van der Waals surface area contributed by atoms with Gasteiger partial charge in [0.05, 0.1) is 6.61 Å². The van der Waals surface area contributed by atoms with Gasteiger partial charge in [-0.2, -0.15) is 0 Å². The second-order valence-electron chi connectivity index (χ2n) is 4.60. The zero-order valence-corrected chi connectivity index (χ0v) is 14.7. The summed E-state index contributed by atoms with van der Waals surface area (Å²) in [6.07, 6.45) is 5.51. The highest BCUT2D eigenvalue weighted by molar-refractivity contribution is 5.85. The van der Waals surface area contributed by atoms with Crippen LogP contribution >= 0.6 is 0 Å². The van der Waals surface area contributed by atoms with Gasteiger partial charge in [0.2, 0.25) is 0 Å². The van der Waals surface area contributed by atoms with Gasteiger partial charge in [0.1, 0.15) is 0 Å². The molecule has 0 bridgehead atoms. The lowest BCUT2D eigenvalue weighted by atomic mass is 10.2. The second kappa shape index (κ2) is 16.7. The number of aliphatic carboxylic acids is 1. The molecule has 132 valence electrons. The molecular formula is C20H28O4. The van der Waals surface area contributed by atoms with Crippen LogP contribution < -0.4 is 0 Å². The first-order valence-electron chi connectivity index (χ1n) is 7.80. The Morgan fingerprint density at radius 3 is 2.04 bits per heavy atom. The summed E-state index contributed by atoms with van der Waals surface area (Å²) < 4.78 is 4.67. The molecule has 0 atom stereocenters. The van der Waals surface area contributed by atoms with Gasteiger partial charge in [-0.3, -0.25) is 0 Å². The summed E-state index contributed by atoms with van der Waals surface area (Å²) in [6, 6.07) is 10.0. The molecule has 0 fully saturated rings. The van der Waals surface area contributed by atoms with Crippen molar-refractivity contribution in [3.63, 3.8) is 0 Å². The Hall–Kier alpha value is -2.62. The Morgan fingerprint density at radius 2 is 1.75 bits per heavy atom. The number of hydrogen-bond acceptors (Lipinski definition) is 3. The number of hydrogen-bond donors (Lipinski definition) is 1. The normalized spacial score (nSPS) is 8.42. The first kappa shape index (κ1) is 23.6. The fraction of sp³-hybridized carbons (Fsp3) is 0.300. The molecule has 0 amide bonds. The maximum absolute atomic E-state index is 10.3. The van der Waals surface area contributed by atoms with E-state index in [0.717, 1.165) is 12.8 Å². The Labute approximate surface area is 145 Å². The number of rotatable bonds is 7. The van der Waals surface area contributed by atoms with Crippen LogP contribution in [0.3, 0.4) is 0 Å². The summed E-state index contributed by atoms with van der Waals surface area (Å²) in [5, 5.41) is 8.08. The van der Waals surface area contributed by atoms with Gasteiger partial charge in [-0.25, -0.2) is 9.59 Å². The fourth-order valence-corrected chi connectivity index (χ4v) is 1.12. The van der Waals surface area contributed by atoms with Gasteiger partial charge < -0.3 is 9.84 Å². The number of esters is 1. The summed E-state index contributed by atoms with van der Waals surface area (Å²) in [7, 11) is 0. The van der Waals surface area contributed by atoms with E-state index in [9.17, 15) is 9.59 Å². The van der Waals surface area contributed by atoms with Crippen molar-refractivity contribution in [1.29, 1.82) is 0 Å². The second-order valence-corrected chi connectivity index (χ2v) is 4.60. The largest absolute Gasteiger partial charge is 0.478 e. The molecule has 0 radical (unpaired) electrons. The Balaban J connectivity index is 0. The predicted octanol–water partition coefficient (Wildman–Crippen LogP) is 4.88. The number of carboxylic acids is 1. The number of benzene rings is 1. The Bertz CT molecular complexity index is 504. The maximum atomic E-state index is 10.3. The minimum atomic E-state index is -0.900. The molecule has 4 heteroatoms. The lowest BCUT2D eigenvalue weighted by Crippen LogP contribution is -2.00. The standard InChI is InChI=1S/C8H8.C7H12O2.C5H8O2/c1-2-8-6-4-3-5-7-8;1-3-5-6-9-7(8)4-2;1-3-4(2)5(6)7/h2-7H,1H2;4H,2-3,5-6H2,1H3;2-3H2,1H3,(H,6,7). The van der Waals surface area contributed by atoms with E-state index in [1.54, 1.807) is 6.92 Å². The lowest BCUT2D eigenvalue weighted by Gasteiger charge is -1.97. The van der Waals surface area contributed by atoms with E-state index in [1.165, 1.54) is 11.6 Å². The average Bonchev–Trinajstić information content (AvgIpc) is 2.62. The molecule has 1 aromatic rings. The van der Waals surface area contributed by atoms with Crippen molar-refractivity contribution in [2.24, 2.45) is 0 Å². The van der Waals surface area contributed by atoms with Gasteiger partial charge in [0, 0.05) is 11.6 Å². The van der Waals surface area contributed by atoms with E-state index in [0.29, 0.717) is 13.0 Å². The predicted molar refractivity (Wildman–Crippen MR) is 99.7 cm³/mol. The Kier molecular flexibility index (Phi) is 16.5. The zero-order chi connectivity index (χ0) is 18.8. The lowest BCUT2D eigenvalue weighted by molar-refractivity contribution is -0.138. The van der Waals surface area contributed by atoms with Gasteiger partial charge in [-0.05, 0) is 18.4 Å². The first-order valence-corrected chi connectivity index (χ1v) is 7.80. The fourth-order valence-electron chi connectivity index (χ4n) is 1.12. The molecule has 0 unspecified atom stereocenters.